The summed E-state index contributed by atoms with van der Waals surface area (Å²) in [5.41, 5.74) is -0.853. The summed E-state index contributed by atoms with van der Waals surface area (Å²) >= 11 is 5.86. The molecule has 0 unspecified atom stereocenters. The number of hydrogen-bond donors (Lipinski definition) is 0. The van der Waals surface area contributed by atoms with Gasteiger partial charge in [0.25, 0.3) is 0 Å². The molecular formula is C21H28ClN3O4S. The average molecular weight is 454 g/mol. The van der Waals surface area contributed by atoms with Crippen molar-refractivity contribution >= 4 is 33.4 Å². The van der Waals surface area contributed by atoms with Crippen LogP contribution in [0.15, 0.2) is 29.2 Å². The summed E-state index contributed by atoms with van der Waals surface area (Å²) in [5.74, 6) is -0.314. The molecule has 9 heteroatoms. The van der Waals surface area contributed by atoms with Crippen LogP contribution in [0.2, 0.25) is 5.02 Å². The summed E-state index contributed by atoms with van der Waals surface area (Å²) in [6.45, 7) is 7.82. The molecule has 7 nitrogen and oxygen atoms in total. The van der Waals surface area contributed by atoms with Crippen LogP contribution in [0.5, 0.6) is 0 Å². The Morgan fingerprint density at radius 2 is 1.63 bits per heavy atom. The second-order valence-electron chi connectivity index (χ2n) is 9.33. The lowest BCUT2D eigenvalue weighted by Gasteiger charge is -2.49. The first-order valence-corrected chi connectivity index (χ1v) is 12.1. The Morgan fingerprint density at radius 3 is 2.23 bits per heavy atom. The van der Waals surface area contributed by atoms with Crippen molar-refractivity contribution in [3.63, 3.8) is 0 Å². The number of carbonyl (C=O) groups is 2. The molecular weight excluding hydrogens is 426 g/mol. The van der Waals surface area contributed by atoms with Crippen molar-refractivity contribution in [3.8, 4) is 0 Å². The molecule has 2 bridgehead atoms. The number of benzene rings is 1. The van der Waals surface area contributed by atoms with E-state index in [1.165, 1.54) is 21.3 Å². The third-order valence-electron chi connectivity index (χ3n) is 7.63. The number of carbonyl (C=O) groups excluding carboxylic acids is 2. The van der Waals surface area contributed by atoms with Crippen molar-refractivity contribution in [2.24, 2.45) is 16.7 Å². The number of amides is 2. The van der Waals surface area contributed by atoms with Gasteiger partial charge in [-0.25, -0.2) is 8.42 Å². The first-order valence-electron chi connectivity index (χ1n) is 10.3. The molecule has 3 aliphatic rings. The molecule has 164 valence electrons. The summed E-state index contributed by atoms with van der Waals surface area (Å²) in [4.78, 5) is 29.8. The average Bonchev–Trinajstić information content (AvgIpc) is 2.90. The lowest BCUT2D eigenvalue weighted by molar-refractivity contribution is -0.170. The minimum absolute atomic E-state index is 0.0869. The Balaban J connectivity index is 1.43. The first-order chi connectivity index (χ1) is 14.0. The highest BCUT2D eigenvalue weighted by molar-refractivity contribution is 7.89. The van der Waals surface area contributed by atoms with Crippen LogP contribution < -0.4 is 0 Å². The van der Waals surface area contributed by atoms with Crippen LogP contribution in [0, 0.1) is 16.7 Å². The third-order valence-corrected chi connectivity index (χ3v) is 9.80. The van der Waals surface area contributed by atoms with Gasteiger partial charge in [0.15, 0.2) is 0 Å². The lowest BCUT2D eigenvalue weighted by Crippen LogP contribution is -2.62. The Kier molecular flexibility index (Phi) is 5.28. The SMILES string of the molecule is CC1(C)[C@@H]2CC[C@@]1(C)C(=O)N(CN1CCN(S(=O)(=O)c3ccc(Cl)cc3)CC1)C2=O. The zero-order chi connectivity index (χ0) is 21.9. The zero-order valence-electron chi connectivity index (χ0n) is 17.6. The minimum Gasteiger partial charge on any atom is -0.283 e. The van der Waals surface area contributed by atoms with E-state index in [4.69, 9.17) is 11.6 Å². The van der Waals surface area contributed by atoms with Gasteiger partial charge in [-0.05, 0) is 42.5 Å². The fourth-order valence-electron chi connectivity index (χ4n) is 5.10. The summed E-state index contributed by atoms with van der Waals surface area (Å²) in [5, 5.41) is 0.487. The van der Waals surface area contributed by atoms with E-state index in [-0.39, 0.29) is 34.7 Å². The number of rotatable bonds is 4. The molecule has 1 aromatic rings. The van der Waals surface area contributed by atoms with Crippen LogP contribution in [0.3, 0.4) is 0 Å². The maximum absolute atomic E-state index is 13.2. The van der Waals surface area contributed by atoms with Crippen LogP contribution in [0.4, 0.5) is 0 Å². The van der Waals surface area contributed by atoms with Crippen molar-refractivity contribution in [1.82, 2.24) is 14.1 Å². The van der Waals surface area contributed by atoms with Gasteiger partial charge in [-0.15, -0.1) is 0 Å². The smallest absolute Gasteiger partial charge is 0.243 e. The van der Waals surface area contributed by atoms with E-state index in [2.05, 4.69) is 0 Å². The van der Waals surface area contributed by atoms with Gasteiger partial charge in [-0.2, -0.15) is 4.31 Å². The monoisotopic (exact) mass is 453 g/mol. The van der Waals surface area contributed by atoms with Gasteiger partial charge in [0.2, 0.25) is 21.8 Å². The van der Waals surface area contributed by atoms with Crippen LogP contribution >= 0.6 is 11.6 Å². The summed E-state index contributed by atoms with van der Waals surface area (Å²) in [7, 11) is -3.59. The molecule has 30 heavy (non-hydrogen) atoms. The number of likely N-dealkylation sites (tertiary alicyclic amines) is 1. The molecule has 4 rings (SSSR count). The van der Waals surface area contributed by atoms with Crippen molar-refractivity contribution in [1.29, 1.82) is 0 Å². The summed E-state index contributed by atoms with van der Waals surface area (Å²) in [6, 6.07) is 6.14. The predicted octanol–water partition coefficient (Wildman–Crippen LogP) is 2.42. The molecule has 2 aliphatic heterocycles. The first kappa shape index (κ1) is 21.7. The number of halogens is 1. The number of piperidine rings is 1. The van der Waals surface area contributed by atoms with Crippen molar-refractivity contribution < 1.29 is 18.0 Å². The van der Waals surface area contributed by atoms with Gasteiger partial charge in [0, 0.05) is 37.1 Å². The van der Waals surface area contributed by atoms with Crippen LogP contribution in [-0.4, -0.2) is 67.2 Å². The molecule has 1 saturated carbocycles. The Hall–Kier alpha value is -1.48. The molecule has 3 fully saturated rings. The van der Waals surface area contributed by atoms with Gasteiger partial charge in [-0.1, -0.05) is 32.4 Å². The Morgan fingerprint density at radius 1 is 1.03 bits per heavy atom. The number of fused-ring (bicyclic) bond motifs is 2. The lowest BCUT2D eigenvalue weighted by atomic mass is 9.62. The predicted molar refractivity (Wildman–Crippen MR) is 113 cm³/mol. The third kappa shape index (κ3) is 3.20. The van der Waals surface area contributed by atoms with Gasteiger partial charge in [0.1, 0.15) is 0 Å². The number of hydrogen-bond acceptors (Lipinski definition) is 5. The molecule has 0 aromatic heterocycles. The van der Waals surface area contributed by atoms with Crippen molar-refractivity contribution in [2.75, 3.05) is 32.8 Å². The second kappa shape index (κ2) is 7.29. The van der Waals surface area contributed by atoms with Gasteiger partial charge < -0.3 is 0 Å². The fourth-order valence-corrected chi connectivity index (χ4v) is 6.65. The summed E-state index contributed by atoms with van der Waals surface area (Å²) < 4.78 is 27.2. The largest absolute Gasteiger partial charge is 0.283 e. The molecule has 2 atom stereocenters. The van der Waals surface area contributed by atoms with Gasteiger partial charge >= 0.3 is 0 Å². The fraction of sp³-hybridized carbons (Fsp3) is 0.619. The minimum atomic E-state index is -3.59. The van der Waals surface area contributed by atoms with E-state index in [1.54, 1.807) is 12.1 Å². The maximum atomic E-state index is 13.2. The molecule has 1 aromatic carbocycles. The van der Waals surface area contributed by atoms with Crippen LogP contribution in [-0.2, 0) is 19.6 Å². The van der Waals surface area contributed by atoms with E-state index in [0.717, 1.165) is 12.8 Å². The normalized spacial score (nSPS) is 30.1. The molecule has 0 radical (unpaired) electrons. The van der Waals surface area contributed by atoms with E-state index >= 15 is 0 Å². The highest BCUT2D eigenvalue weighted by Crippen LogP contribution is 2.60. The standard InChI is InChI=1S/C21H28ClN3O4S/c1-20(2)17-8-9-21(20,3)19(27)25(18(17)26)14-23-10-12-24(13-11-23)30(28,29)16-6-4-15(22)5-7-16/h4-7,17H,8-14H2,1-3H3/t17-,21+/m1/s1. The molecule has 0 spiro atoms. The summed E-state index contributed by atoms with van der Waals surface area (Å²) in [6.07, 6.45) is 1.48. The highest BCUT2D eigenvalue weighted by atomic mass is 35.5. The Labute approximate surface area is 183 Å². The van der Waals surface area contributed by atoms with Gasteiger partial charge in [0.05, 0.1) is 17.0 Å². The van der Waals surface area contributed by atoms with Crippen molar-refractivity contribution in [2.45, 2.75) is 38.5 Å². The van der Waals surface area contributed by atoms with Gasteiger partial charge in [-0.3, -0.25) is 19.4 Å². The van der Waals surface area contributed by atoms with Crippen LogP contribution in [0.1, 0.15) is 33.6 Å². The molecule has 2 heterocycles. The number of nitrogens with zero attached hydrogens (tertiary/aromatic N) is 3. The van der Waals surface area contributed by atoms with E-state index in [9.17, 15) is 18.0 Å². The Bertz CT molecular complexity index is 970. The number of imide groups is 1. The molecule has 0 N–H and O–H groups in total. The number of sulfonamides is 1. The van der Waals surface area contributed by atoms with Crippen LogP contribution in [0.25, 0.3) is 0 Å². The number of piperazine rings is 1. The van der Waals surface area contributed by atoms with E-state index < -0.39 is 15.4 Å². The second-order valence-corrected chi connectivity index (χ2v) is 11.7. The highest BCUT2D eigenvalue weighted by Gasteiger charge is 2.64. The topological polar surface area (TPSA) is 78.0 Å². The molecule has 2 amide bonds. The quantitative estimate of drug-likeness (QED) is 0.654. The maximum Gasteiger partial charge on any atom is 0.243 e. The van der Waals surface area contributed by atoms with Crippen molar-refractivity contribution in [3.05, 3.63) is 29.3 Å². The van der Waals surface area contributed by atoms with E-state index in [0.29, 0.717) is 31.2 Å². The van der Waals surface area contributed by atoms with E-state index in [1.807, 2.05) is 25.7 Å². The molecule has 1 aliphatic carbocycles. The zero-order valence-corrected chi connectivity index (χ0v) is 19.2. The molecule has 2 saturated heterocycles.